The minimum atomic E-state index is -0.428. The maximum atomic E-state index is 11.6. The molecule has 1 aromatic rings. The molecule has 2 N–H and O–H groups in total. The molecule has 1 aromatic heterocycles. The molecule has 88 valence electrons. The molecule has 1 aliphatic heterocycles. The summed E-state index contributed by atoms with van der Waals surface area (Å²) in [6, 6.07) is -0.111. The van der Waals surface area contributed by atoms with Gasteiger partial charge in [-0.1, -0.05) is 0 Å². The van der Waals surface area contributed by atoms with Gasteiger partial charge in [0, 0.05) is 11.8 Å². The largest absolute Gasteiger partial charge is 0.394 e. The molecule has 2 heterocycles. The number of nitrogens with zero attached hydrogens (tertiary/aromatic N) is 1. The van der Waals surface area contributed by atoms with E-state index in [1.807, 2.05) is 0 Å². The van der Waals surface area contributed by atoms with Crippen molar-refractivity contribution in [2.45, 2.75) is 25.5 Å². The second kappa shape index (κ2) is 4.23. The first-order chi connectivity index (χ1) is 7.61. The third-order valence-corrected chi connectivity index (χ3v) is 2.80. The first-order valence-corrected chi connectivity index (χ1v) is 5.16. The Morgan fingerprint density at radius 3 is 3.00 bits per heavy atom. The second-order valence-electron chi connectivity index (χ2n) is 4.01. The zero-order chi connectivity index (χ0) is 11.7. The zero-order valence-corrected chi connectivity index (χ0v) is 8.97. The normalized spacial score (nSPS) is 24.9. The Balaban J connectivity index is 2.32. The van der Waals surface area contributed by atoms with Crippen LogP contribution in [0.3, 0.4) is 0 Å². The monoisotopic (exact) mass is 226 g/mol. The van der Waals surface area contributed by atoms with Crippen LogP contribution in [0.1, 0.15) is 18.0 Å². The van der Waals surface area contributed by atoms with Crippen molar-refractivity contribution in [2.75, 3.05) is 13.2 Å². The molecule has 0 spiro atoms. The molecule has 0 amide bonds. The number of nitrogens with one attached hydrogen (secondary N) is 1. The van der Waals surface area contributed by atoms with Gasteiger partial charge in [-0.3, -0.25) is 14.3 Å². The number of aliphatic hydroxyl groups excluding tert-OH is 1. The summed E-state index contributed by atoms with van der Waals surface area (Å²) in [6.07, 6.45) is 1.90. The number of H-pyrrole nitrogens is 1. The summed E-state index contributed by atoms with van der Waals surface area (Å²) in [5.74, 6) is 0. The number of hydrogen-bond acceptors (Lipinski definition) is 4. The lowest BCUT2D eigenvalue weighted by molar-refractivity contribution is 0.0574. The zero-order valence-electron chi connectivity index (χ0n) is 8.97. The van der Waals surface area contributed by atoms with Gasteiger partial charge in [0.15, 0.2) is 0 Å². The highest BCUT2D eigenvalue weighted by molar-refractivity contribution is 5.02. The lowest BCUT2D eigenvalue weighted by Crippen LogP contribution is -2.33. The van der Waals surface area contributed by atoms with Crippen LogP contribution in [-0.2, 0) is 4.74 Å². The first-order valence-electron chi connectivity index (χ1n) is 5.16. The topological polar surface area (TPSA) is 84.3 Å². The van der Waals surface area contributed by atoms with Gasteiger partial charge in [-0.2, -0.15) is 0 Å². The Morgan fingerprint density at radius 1 is 1.62 bits per heavy atom. The fourth-order valence-corrected chi connectivity index (χ4v) is 1.87. The van der Waals surface area contributed by atoms with E-state index < -0.39 is 5.69 Å². The van der Waals surface area contributed by atoms with Gasteiger partial charge in [0.05, 0.1) is 25.4 Å². The molecule has 0 unspecified atom stereocenters. The molecular weight excluding hydrogens is 212 g/mol. The van der Waals surface area contributed by atoms with E-state index in [2.05, 4.69) is 4.98 Å². The Bertz CT molecular complexity index is 490. The van der Waals surface area contributed by atoms with Crippen LogP contribution in [0, 0.1) is 6.92 Å². The fourth-order valence-electron chi connectivity index (χ4n) is 1.87. The number of aryl methyl sites for hydroxylation is 1. The van der Waals surface area contributed by atoms with E-state index in [-0.39, 0.29) is 24.3 Å². The maximum absolute atomic E-state index is 11.6. The number of ether oxygens (including phenoxy) is 1. The van der Waals surface area contributed by atoms with Crippen molar-refractivity contribution in [1.82, 2.24) is 9.55 Å². The maximum Gasteiger partial charge on any atom is 0.328 e. The molecule has 6 nitrogen and oxygen atoms in total. The smallest absolute Gasteiger partial charge is 0.328 e. The van der Waals surface area contributed by atoms with Gasteiger partial charge < -0.3 is 9.84 Å². The Hall–Kier alpha value is -1.40. The molecule has 0 saturated carbocycles. The molecule has 2 rings (SSSR count). The number of rotatable bonds is 2. The van der Waals surface area contributed by atoms with E-state index in [4.69, 9.17) is 9.84 Å². The molecule has 0 radical (unpaired) electrons. The number of hydrogen-bond donors (Lipinski definition) is 2. The highest BCUT2D eigenvalue weighted by Crippen LogP contribution is 2.22. The molecule has 0 aliphatic carbocycles. The van der Waals surface area contributed by atoms with Gasteiger partial charge in [0.25, 0.3) is 5.56 Å². The number of aromatic nitrogens is 2. The van der Waals surface area contributed by atoms with Crippen molar-refractivity contribution in [3.05, 3.63) is 32.6 Å². The van der Waals surface area contributed by atoms with Crippen molar-refractivity contribution in [3.8, 4) is 0 Å². The van der Waals surface area contributed by atoms with E-state index in [0.29, 0.717) is 18.6 Å². The average Bonchev–Trinajstić information content (AvgIpc) is 2.71. The fraction of sp³-hybridized carbons (Fsp3) is 0.600. The predicted octanol–water partition coefficient (Wildman–Crippen LogP) is -0.833. The van der Waals surface area contributed by atoms with Crippen LogP contribution in [0.5, 0.6) is 0 Å². The minimum Gasteiger partial charge on any atom is -0.394 e. The summed E-state index contributed by atoms with van der Waals surface area (Å²) < 4.78 is 6.76. The molecule has 0 bridgehead atoms. The summed E-state index contributed by atoms with van der Waals surface area (Å²) in [5.41, 5.74) is -0.297. The van der Waals surface area contributed by atoms with Gasteiger partial charge in [-0.15, -0.1) is 0 Å². The van der Waals surface area contributed by atoms with Gasteiger partial charge in [0.1, 0.15) is 0 Å². The van der Waals surface area contributed by atoms with Crippen LogP contribution in [0.2, 0.25) is 0 Å². The van der Waals surface area contributed by atoms with Crippen molar-refractivity contribution in [1.29, 1.82) is 0 Å². The van der Waals surface area contributed by atoms with E-state index in [1.54, 1.807) is 6.92 Å². The third-order valence-electron chi connectivity index (χ3n) is 2.80. The van der Waals surface area contributed by atoms with Crippen molar-refractivity contribution >= 4 is 0 Å². The van der Waals surface area contributed by atoms with Crippen molar-refractivity contribution in [3.63, 3.8) is 0 Å². The predicted molar refractivity (Wildman–Crippen MR) is 56.5 cm³/mol. The van der Waals surface area contributed by atoms with Gasteiger partial charge in [-0.05, 0) is 13.3 Å². The van der Waals surface area contributed by atoms with E-state index in [0.717, 1.165) is 0 Å². The Morgan fingerprint density at radius 2 is 2.38 bits per heavy atom. The van der Waals surface area contributed by atoms with Crippen molar-refractivity contribution < 1.29 is 9.84 Å². The molecule has 1 fully saturated rings. The lowest BCUT2D eigenvalue weighted by Gasteiger charge is -2.11. The molecule has 0 aromatic carbocycles. The molecule has 1 aliphatic rings. The van der Waals surface area contributed by atoms with Crippen LogP contribution in [0.25, 0.3) is 0 Å². The second-order valence-corrected chi connectivity index (χ2v) is 4.01. The van der Waals surface area contributed by atoms with E-state index in [9.17, 15) is 9.59 Å². The molecular formula is C10H14N2O4. The highest BCUT2D eigenvalue weighted by Gasteiger charge is 2.26. The van der Waals surface area contributed by atoms with Crippen LogP contribution >= 0.6 is 0 Å². The lowest BCUT2D eigenvalue weighted by atomic mass is 10.2. The summed E-state index contributed by atoms with van der Waals surface area (Å²) >= 11 is 0. The van der Waals surface area contributed by atoms with Crippen LogP contribution < -0.4 is 11.2 Å². The quantitative estimate of drug-likeness (QED) is 0.689. The Kier molecular flexibility index (Phi) is 2.93. The van der Waals surface area contributed by atoms with E-state index in [1.165, 1.54) is 10.8 Å². The average molecular weight is 226 g/mol. The molecule has 1 saturated heterocycles. The SMILES string of the molecule is Cc1cn([C@H]2CO[C@@H](CO)C2)c(=O)[nH]c1=O. The van der Waals surface area contributed by atoms with Gasteiger partial charge >= 0.3 is 5.69 Å². The van der Waals surface area contributed by atoms with Crippen molar-refractivity contribution in [2.24, 2.45) is 0 Å². The third kappa shape index (κ3) is 1.94. The number of aromatic amines is 1. The van der Waals surface area contributed by atoms with Crippen LogP contribution in [0.15, 0.2) is 15.8 Å². The van der Waals surface area contributed by atoms with E-state index >= 15 is 0 Å². The summed E-state index contributed by atoms with van der Waals surface area (Å²) in [6.45, 7) is 1.98. The minimum absolute atomic E-state index is 0.0480. The van der Waals surface area contributed by atoms with Crippen LogP contribution in [-0.4, -0.2) is 34.0 Å². The molecule has 6 heteroatoms. The first kappa shape index (κ1) is 11.1. The molecule has 16 heavy (non-hydrogen) atoms. The Labute approximate surface area is 91.5 Å². The van der Waals surface area contributed by atoms with Gasteiger partial charge in [0.2, 0.25) is 0 Å². The standard InChI is InChI=1S/C10H14N2O4/c1-6-3-12(10(15)11-9(6)14)7-2-8(4-13)16-5-7/h3,7-8,13H,2,4-5H2,1H3,(H,11,14,15)/t7-,8-/m1/s1. The summed E-state index contributed by atoms with van der Waals surface area (Å²) in [4.78, 5) is 25.0. The highest BCUT2D eigenvalue weighted by atomic mass is 16.5. The van der Waals surface area contributed by atoms with Gasteiger partial charge in [-0.25, -0.2) is 4.79 Å². The van der Waals surface area contributed by atoms with Crippen LogP contribution in [0.4, 0.5) is 0 Å². The molecule has 2 atom stereocenters. The number of aliphatic hydroxyl groups is 1. The summed E-state index contributed by atoms with van der Waals surface area (Å²) in [7, 11) is 0. The summed E-state index contributed by atoms with van der Waals surface area (Å²) in [5, 5.41) is 8.93.